The predicted octanol–water partition coefficient (Wildman–Crippen LogP) is 4.53. The second-order valence-electron chi connectivity index (χ2n) is 14.6. The van der Waals surface area contributed by atoms with Crippen LogP contribution in [0.4, 0.5) is 22.2 Å². The van der Waals surface area contributed by atoms with Gasteiger partial charge >= 0.3 is 6.09 Å². The standard InChI is InChI=1S/C25H35N7O2.C16H24N4O3/c1-34-30-22(14-18-2-8-28-23(26)15-18)20-6-12-32(13-7-20)25(33)21-4-10-31(11-5-21)17-19-3-9-29-24(27)16-19;1-3-23-16(21)19-15-11-12(4-9-18-15)10-14(20-22-2)13-5-7-17-8-6-13/h2-3,8-9,15-16,20-21H,4-7,10-14,17H2,1H3,(H2,26,28)(H2,27,29);4,9,11,13,17H,3,5-8,10H2,1-2H3,(H,18,19,21)/b30-22-;20-14-. The predicted molar refractivity (Wildman–Crippen MR) is 221 cm³/mol. The Morgan fingerprint density at radius 3 is 1.86 bits per heavy atom. The van der Waals surface area contributed by atoms with Gasteiger partial charge in [-0.2, -0.15) is 0 Å². The number of nitrogen functional groups attached to an aromatic ring is 2. The molecule has 0 spiro atoms. The van der Waals surface area contributed by atoms with E-state index in [4.69, 9.17) is 25.9 Å². The molecule has 3 fully saturated rings. The monoisotopic (exact) mass is 785 g/mol. The van der Waals surface area contributed by atoms with Crippen molar-refractivity contribution in [3.05, 3.63) is 71.7 Å². The number of aromatic nitrogens is 3. The third kappa shape index (κ3) is 13.7. The highest BCUT2D eigenvalue weighted by Gasteiger charge is 2.32. The van der Waals surface area contributed by atoms with Crippen LogP contribution in [-0.4, -0.2) is 108 Å². The van der Waals surface area contributed by atoms with E-state index in [0.29, 0.717) is 54.6 Å². The van der Waals surface area contributed by atoms with Gasteiger partial charge in [0.15, 0.2) is 0 Å². The molecular weight excluding hydrogens is 727 g/mol. The SMILES string of the molecule is CCOC(=O)Nc1cc(C/C(=N/OC)C2CCNCC2)ccn1.CO/N=C(/Cc1ccnc(N)c1)C1CCN(C(=O)C2CCN(Cc3ccnc(N)c3)CC2)CC1. The number of likely N-dealkylation sites (tertiary alicyclic amines) is 2. The van der Waals surface area contributed by atoms with Crippen molar-refractivity contribution >= 4 is 40.9 Å². The van der Waals surface area contributed by atoms with E-state index in [2.05, 4.69) is 45.7 Å². The van der Waals surface area contributed by atoms with Crippen LogP contribution in [0.1, 0.15) is 62.1 Å². The van der Waals surface area contributed by atoms with Gasteiger partial charge in [0.2, 0.25) is 5.91 Å². The summed E-state index contributed by atoms with van der Waals surface area (Å²) >= 11 is 0. The summed E-state index contributed by atoms with van der Waals surface area (Å²) in [6, 6.07) is 11.5. The summed E-state index contributed by atoms with van der Waals surface area (Å²) in [6.45, 7) is 8.32. The summed E-state index contributed by atoms with van der Waals surface area (Å²) in [4.78, 5) is 51.5. The van der Waals surface area contributed by atoms with Gasteiger partial charge in [-0.25, -0.2) is 19.7 Å². The lowest BCUT2D eigenvalue weighted by Gasteiger charge is -2.37. The van der Waals surface area contributed by atoms with E-state index in [1.165, 1.54) is 5.56 Å². The van der Waals surface area contributed by atoms with Gasteiger partial charge in [0, 0.05) is 68.8 Å². The first-order valence-corrected chi connectivity index (χ1v) is 20.0. The number of piperidine rings is 3. The molecule has 16 heteroatoms. The van der Waals surface area contributed by atoms with Crippen LogP contribution in [0.2, 0.25) is 0 Å². The number of pyridine rings is 3. The molecule has 16 nitrogen and oxygen atoms in total. The zero-order valence-electron chi connectivity index (χ0n) is 33.6. The van der Waals surface area contributed by atoms with Crippen LogP contribution in [0, 0.1) is 17.8 Å². The average Bonchev–Trinajstić information content (AvgIpc) is 3.21. The Kier molecular flexibility index (Phi) is 16.8. The molecule has 3 saturated heterocycles. The molecular formula is C41H59N11O5. The molecule has 0 aliphatic carbocycles. The molecule has 0 atom stereocenters. The van der Waals surface area contributed by atoms with Crippen molar-refractivity contribution in [3.63, 3.8) is 0 Å². The number of nitrogens with one attached hydrogen (secondary N) is 2. The molecule has 0 aromatic carbocycles. The quantitative estimate of drug-likeness (QED) is 0.139. The zero-order chi connectivity index (χ0) is 40.4. The summed E-state index contributed by atoms with van der Waals surface area (Å²) in [5, 5.41) is 14.5. The molecule has 3 aromatic rings. The molecule has 0 saturated carbocycles. The summed E-state index contributed by atoms with van der Waals surface area (Å²) in [7, 11) is 3.15. The van der Waals surface area contributed by atoms with Crippen molar-refractivity contribution in [2.75, 3.05) is 76.9 Å². The van der Waals surface area contributed by atoms with Gasteiger partial charge in [0.1, 0.15) is 31.7 Å². The number of hydrogen-bond donors (Lipinski definition) is 4. The summed E-state index contributed by atoms with van der Waals surface area (Å²) in [5.41, 5.74) is 16.9. The largest absolute Gasteiger partial charge is 0.450 e. The molecule has 2 amide bonds. The Balaban J connectivity index is 0.000000235. The number of hydrogen-bond acceptors (Lipinski definition) is 14. The molecule has 308 valence electrons. The topological polar surface area (TPSA) is 208 Å². The lowest BCUT2D eigenvalue weighted by molar-refractivity contribution is -0.138. The van der Waals surface area contributed by atoms with E-state index in [-0.39, 0.29) is 5.92 Å². The number of oxime groups is 2. The highest BCUT2D eigenvalue weighted by atomic mass is 16.6. The maximum atomic E-state index is 13.2. The van der Waals surface area contributed by atoms with E-state index in [1.807, 2.05) is 36.4 Å². The highest BCUT2D eigenvalue weighted by Crippen LogP contribution is 2.27. The van der Waals surface area contributed by atoms with Gasteiger partial charge in [0.25, 0.3) is 0 Å². The lowest BCUT2D eigenvalue weighted by atomic mass is 9.87. The number of rotatable bonds is 13. The number of nitrogens with two attached hydrogens (primary N) is 2. The first-order valence-electron chi connectivity index (χ1n) is 20.0. The van der Waals surface area contributed by atoms with Gasteiger partial charge in [-0.3, -0.25) is 15.0 Å². The highest BCUT2D eigenvalue weighted by molar-refractivity contribution is 5.90. The van der Waals surface area contributed by atoms with E-state index in [0.717, 1.165) is 107 Å². The van der Waals surface area contributed by atoms with Crippen LogP contribution < -0.4 is 22.1 Å². The van der Waals surface area contributed by atoms with Crippen LogP contribution in [-0.2, 0) is 38.6 Å². The Morgan fingerprint density at radius 1 is 0.754 bits per heavy atom. The Bertz CT molecular complexity index is 1790. The van der Waals surface area contributed by atoms with Crippen LogP contribution in [0.25, 0.3) is 0 Å². The van der Waals surface area contributed by atoms with Gasteiger partial charge in [0.05, 0.1) is 18.0 Å². The Hall–Kier alpha value is -5.35. The zero-order valence-corrected chi connectivity index (χ0v) is 33.6. The van der Waals surface area contributed by atoms with Crippen LogP contribution >= 0.6 is 0 Å². The summed E-state index contributed by atoms with van der Waals surface area (Å²) < 4.78 is 4.86. The summed E-state index contributed by atoms with van der Waals surface area (Å²) in [6.07, 6.45) is 11.7. The van der Waals surface area contributed by atoms with Crippen molar-refractivity contribution in [2.45, 2.75) is 64.8 Å². The molecule has 3 aliphatic rings. The molecule has 57 heavy (non-hydrogen) atoms. The van der Waals surface area contributed by atoms with E-state index in [1.54, 1.807) is 39.7 Å². The molecule has 6 rings (SSSR count). The molecule has 0 radical (unpaired) electrons. The fourth-order valence-corrected chi connectivity index (χ4v) is 7.72. The van der Waals surface area contributed by atoms with E-state index in [9.17, 15) is 9.59 Å². The van der Waals surface area contributed by atoms with Crippen molar-refractivity contribution in [2.24, 2.45) is 28.1 Å². The lowest BCUT2D eigenvalue weighted by Crippen LogP contribution is -2.46. The Labute approximate surface area is 335 Å². The molecule has 6 N–H and O–H groups in total. The van der Waals surface area contributed by atoms with Crippen LogP contribution in [0.5, 0.6) is 0 Å². The normalized spacial score (nSPS) is 17.6. The molecule has 0 bridgehead atoms. The van der Waals surface area contributed by atoms with Gasteiger partial charge in [-0.05, 0) is 125 Å². The van der Waals surface area contributed by atoms with Crippen molar-refractivity contribution in [1.29, 1.82) is 0 Å². The Morgan fingerprint density at radius 2 is 1.28 bits per heavy atom. The number of carbonyl (C=O) groups is 2. The van der Waals surface area contributed by atoms with Gasteiger partial charge in [-0.15, -0.1) is 0 Å². The second kappa shape index (κ2) is 22.4. The van der Waals surface area contributed by atoms with Crippen molar-refractivity contribution < 1.29 is 24.0 Å². The van der Waals surface area contributed by atoms with E-state index >= 15 is 0 Å². The molecule has 3 aliphatic heterocycles. The third-order valence-corrected chi connectivity index (χ3v) is 10.6. The van der Waals surface area contributed by atoms with Crippen LogP contribution in [0.15, 0.2) is 65.3 Å². The molecule has 6 heterocycles. The van der Waals surface area contributed by atoms with Crippen molar-refractivity contribution in [1.82, 2.24) is 30.1 Å². The number of carbonyl (C=O) groups excluding carboxylic acids is 2. The van der Waals surface area contributed by atoms with Crippen molar-refractivity contribution in [3.8, 4) is 0 Å². The first-order chi connectivity index (χ1) is 27.7. The van der Waals surface area contributed by atoms with Crippen LogP contribution in [0.3, 0.4) is 0 Å². The fraction of sp³-hybridized carbons (Fsp3) is 0.537. The minimum Gasteiger partial charge on any atom is -0.450 e. The number of nitrogens with zero attached hydrogens (tertiary/aromatic N) is 7. The average molecular weight is 786 g/mol. The maximum absolute atomic E-state index is 13.2. The minimum atomic E-state index is -0.499. The minimum absolute atomic E-state index is 0.113. The molecule has 0 unspecified atom stereocenters. The maximum Gasteiger partial charge on any atom is 0.412 e. The number of amides is 2. The summed E-state index contributed by atoms with van der Waals surface area (Å²) in [5.74, 6) is 2.67. The van der Waals surface area contributed by atoms with Gasteiger partial charge in [-0.1, -0.05) is 10.3 Å². The first kappa shape index (κ1) is 42.8. The number of ether oxygens (including phenoxy) is 1. The third-order valence-electron chi connectivity index (χ3n) is 10.6. The molecule has 3 aromatic heterocycles. The smallest absolute Gasteiger partial charge is 0.412 e. The second-order valence-corrected chi connectivity index (χ2v) is 14.6. The van der Waals surface area contributed by atoms with E-state index < -0.39 is 6.09 Å². The number of anilines is 3. The fourth-order valence-electron chi connectivity index (χ4n) is 7.72. The van der Waals surface area contributed by atoms with Gasteiger partial charge < -0.3 is 36.1 Å².